The third-order valence-corrected chi connectivity index (χ3v) is 3.45. The van der Waals surface area contributed by atoms with Crippen molar-refractivity contribution in [2.45, 2.75) is 26.9 Å². The second kappa shape index (κ2) is 3.30. The highest BCUT2D eigenvalue weighted by molar-refractivity contribution is 5.24. The molecule has 13 heavy (non-hydrogen) atoms. The van der Waals surface area contributed by atoms with Crippen molar-refractivity contribution < 1.29 is 4.74 Å². The van der Waals surface area contributed by atoms with Crippen LogP contribution in [0.2, 0.25) is 0 Å². The maximum atomic E-state index is 5.73. The zero-order valence-electron chi connectivity index (χ0n) is 8.66. The minimum Gasteiger partial charge on any atom is -0.378 e. The van der Waals surface area contributed by atoms with E-state index in [-0.39, 0.29) is 0 Å². The molecule has 0 aromatic carbocycles. The summed E-state index contributed by atoms with van der Waals surface area (Å²) in [6.45, 7) is 7.54. The molecule has 1 heterocycles. The molecule has 0 aromatic rings. The van der Waals surface area contributed by atoms with Crippen molar-refractivity contribution in [3.63, 3.8) is 0 Å². The van der Waals surface area contributed by atoms with Crippen molar-refractivity contribution in [2.75, 3.05) is 6.61 Å². The largest absolute Gasteiger partial charge is 0.378 e. The average Bonchev–Trinajstić information content (AvgIpc) is 2.12. The molecule has 0 aromatic heterocycles. The molecule has 1 fully saturated rings. The summed E-state index contributed by atoms with van der Waals surface area (Å²) in [5.41, 5.74) is 1.38. The van der Waals surface area contributed by atoms with Crippen molar-refractivity contribution in [3.05, 3.63) is 23.8 Å². The molecule has 1 aliphatic heterocycles. The molecular formula is C12H18O. The predicted octanol–water partition coefficient (Wildman–Crippen LogP) is 2.79. The zero-order chi connectivity index (χ0) is 9.42. The Morgan fingerprint density at radius 3 is 2.92 bits per heavy atom. The van der Waals surface area contributed by atoms with Crippen LogP contribution in [0.3, 0.4) is 0 Å². The lowest BCUT2D eigenvalue weighted by molar-refractivity contribution is -0.0512. The molecule has 2 unspecified atom stereocenters. The molecule has 4 atom stereocenters. The SMILES string of the molecule is CC1=CC2CO[C@@H](C)[C@@H](C)C2C=C1. The van der Waals surface area contributed by atoms with Crippen LogP contribution in [0.1, 0.15) is 20.8 Å². The third kappa shape index (κ3) is 1.58. The molecule has 2 rings (SSSR count). The Morgan fingerprint density at radius 2 is 2.15 bits per heavy atom. The molecule has 0 radical (unpaired) electrons. The van der Waals surface area contributed by atoms with E-state index < -0.39 is 0 Å². The van der Waals surface area contributed by atoms with Gasteiger partial charge in [0.1, 0.15) is 0 Å². The predicted molar refractivity (Wildman–Crippen MR) is 54.5 cm³/mol. The summed E-state index contributed by atoms with van der Waals surface area (Å²) < 4.78 is 5.73. The summed E-state index contributed by atoms with van der Waals surface area (Å²) in [6.07, 6.45) is 7.38. The molecule has 1 saturated heterocycles. The number of hydrogen-bond acceptors (Lipinski definition) is 1. The monoisotopic (exact) mass is 178 g/mol. The van der Waals surface area contributed by atoms with Crippen LogP contribution in [0.15, 0.2) is 23.8 Å². The van der Waals surface area contributed by atoms with Gasteiger partial charge in [-0.25, -0.2) is 0 Å². The van der Waals surface area contributed by atoms with E-state index in [2.05, 4.69) is 39.0 Å². The van der Waals surface area contributed by atoms with E-state index in [1.165, 1.54) is 5.57 Å². The molecule has 0 spiro atoms. The van der Waals surface area contributed by atoms with Gasteiger partial charge in [0.15, 0.2) is 0 Å². The molecule has 0 saturated carbocycles. The molecule has 0 amide bonds. The van der Waals surface area contributed by atoms with Crippen molar-refractivity contribution in [1.29, 1.82) is 0 Å². The van der Waals surface area contributed by atoms with Gasteiger partial charge in [0.05, 0.1) is 12.7 Å². The molecular weight excluding hydrogens is 160 g/mol. The van der Waals surface area contributed by atoms with Crippen LogP contribution in [0, 0.1) is 17.8 Å². The minimum absolute atomic E-state index is 0.415. The fraction of sp³-hybridized carbons (Fsp3) is 0.667. The summed E-state index contributed by atoms with van der Waals surface area (Å²) in [6, 6.07) is 0. The maximum absolute atomic E-state index is 5.73. The highest BCUT2D eigenvalue weighted by atomic mass is 16.5. The quantitative estimate of drug-likeness (QED) is 0.554. The lowest BCUT2D eigenvalue weighted by Crippen LogP contribution is -2.38. The van der Waals surface area contributed by atoms with Crippen molar-refractivity contribution in [3.8, 4) is 0 Å². The van der Waals surface area contributed by atoms with Gasteiger partial charge in [-0.15, -0.1) is 0 Å². The van der Waals surface area contributed by atoms with Gasteiger partial charge in [-0.2, -0.15) is 0 Å². The normalized spacial score (nSPS) is 44.1. The van der Waals surface area contributed by atoms with Crippen LogP contribution in [0.25, 0.3) is 0 Å². The molecule has 1 nitrogen and oxygen atoms in total. The van der Waals surface area contributed by atoms with Crippen molar-refractivity contribution in [1.82, 2.24) is 0 Å². The summed E-state index contributed by atoms with van der Waals surface area (Å²) in [4.78, 5) is 0. The lowest BCUT2D eigenvalue weighted by atomic mass is 9.75. The fourth-order valence-electron chi connectivity index (χ4n) is 2.36. The average molecular weight is 178 g/mol. The van der Waals surface area contributed by atoms with Crippen LogP contribution < -0.4 is 0 Å². The zero-order valence-corrected chi connectivity index (χ0v) is 8.66. The van der Waals surface area contributed by atoms with E-state index >= 15 is 0 Å². The van der Waals surface area contributed by atoms with Gasteiger partial charge < -0.3 is 4.74 Å². The topological polar surface area (TPSA) is 9.23 Å². The first kappa shape index (κ1) is 9.01. The molecule has 0 N–H and O–H groups in total. The van der Waals surface area contributed by atoms with E-state index in [4.69, 9.17) is 4.74 Å². The van der Waals surface area contributed by atoms with E-state index in [1.807, 2.05) is 0 Å². The summed E-state index contributed by atoms with van der Waals surface area (Å²) in [7, 11) is 0. The highest BCUT2D eigenvalue weighted by Crippen LogP contribution is 2.36. The van der Waals surface area contributed by atoms with Crippen molar-refractivity contribution in [2.24, 2.45) is 17.8 Å². The smallest absolute Gasteiger partial charge is 0.0578 e. The first-order valence-corrected chi connectivity index (χ1v) is 5.16. The summed E-state index contributed by atoms with van der Waals surface area (Å²) in [5.74, 6) is 1.98. The number of ether oxygens (including phenoxy) is 1. The van der Waals surface area contributed by atoms with Gasteiger partial charge in [0.2, 0.25) is 0 Å². The summed E-state index contributed by atoms with van der Waals surface area (Å²) in [5, 5.41) is 0. The molecule has 1 heteroatoms. The molecule has 2 aliphatic rings. The van der Waals surface area contributed by atoms with Crippen LogP contribution in [-0.2, 0) is 4.74 Å². The minimum atomic E-state index is 0.415. The number of fused-ring (bicyclic) bond motifs is 1. The number of rotatable bonds is 0. The molecule has 0 bridgehead atoms. The van der Waals surface area contributed by atoms with E-state index in [1.54, 1.807) is 0 Å². The Kier molecular flexibility index (Phi) is 2.29. The second-order valence-electron chi connectivity index (χ2n) is 4.41. The highest BCUT2D eigenvalue weighted by Gasteiger charge is 2.33. The maximum Gasteiger partial charge on any atom is 0.0578 e. The molecule has 1 aliphatic carbocycles. The second-order valence-corrected chi connectivity index (χ2v) is 4.41. The third-order valence-electron chi connectivity index (χ3n) is 3.45. The number of hydrogen-bond donors (Lipinski definition) is 0. The van der Waals surface area contributed by atoms with Crippen LogP contribution in [0.5, 0.6) is 0 Å². The van der Waals surface area contributed by atoms with E-state index in [0.29, 0.717) is 23.9 Å². The first-order chi connectivity index (χ1) is 6.18. The van der Waals surface area contributed by atoms with Gasteiger partial charge in [-0.1, -0.05) is 30.7 Å². The first-order valence-electron chi connectivity index (χ1n) is 5.16. The Hall–Kier alpha value is -0.560. The molecule has 72 valence electrons. The van der Waals surface area contributed by atoms with E-state index in [0.717, 1.165) is 6.61 Å². The Morgan fingerprint density at radius 1 is 1.38 bits per heavy atom. The van der Waals surface area contributed by atoms with Gasteiger partial charge in [0.25, 0.3) is 0 Å². The summed E-state index contributed by atoms with van der Waals surface area (Å²) >= 11 is 0. The van der Waals surface area contributed by atoms with Gasteiger partial charge in [0, 0.05) is 5.92 Å². The van der Waals surface area contributed by atoms with E-state index in [9.17, 15) is 0 Å². The van der Waals surface area contributed by atoms with Crippen LogP contribution in [-0.4, -0.2) is 12.7 Å². The Bertz CT molecular complexity index is 252. The van der Waals surface area contributed by atoms with Gasteiger partial charge >= 0.3 is 0 Å². The van der Waals surface area contributed by atoms with Gasteiger partial charge in [-0.05, 0) is 25.7 Å². The number of allylic oxidation sites excluding steroid dienone is 3. The lowest BCUT2D eigenvalue weighted by Gasteiger charge is -2.39. The Labute approximate surface area is 80.5 Å². The standard InChI is InChI=1S/C12H18O/c1-8-4-5-12-9(2)10(3)13-7-11(12)6-8/h4-6,9-12H,7H2,1-3H3/t9-,10+,11?,12?/m1/s1. The van der Waals surface area contributed by atoms with Gasteiger partial charge in [-0.3, -0.25) is 0 Å². The van der Waals surface area contributed by atoms with Crippen LogP contribution >= 0.6 is 0 Å². The Balaban J connectivity index is 2.17. The van der Waals surface area contributed by atoms with Crippen LogP contribution in [0.4, 0.5) is 0 Å². The fourth-order valence-corrected chi connectivity index (χ4v) is 2.36. The van der Waals surface area contributed by atoms with Crippen molar-refractivity contribution >= 4 is 0 Å².